The van der Waals surface area contributed by atoms with E-state index in [0.717, 1.165) is 17.0 Å². The lowest BCUT2D eigenvalue weighted by Gasteiger charge is -2.15. The predicted octanol–water partition coefficient (Wildman–Crippen LogP) is 4.49. The molecule has 2 N–H and O–H groups in total. The summed E-state index contributed by atoms with van der Waals surface area (Å²) < 4.78 is 5.83. The van der Waals surface area contributed by atoms with E-state index < -0.39 is 0 Å². The number of nitrogens with one attached hydrogen (secondary N) is 2. The number of halogens is 1. The molecule has 2 aromatic carbocycles. The molecule has 0 atom stereocenters. The molecule has 0 unspecified atom stereocenters. The van der Waals surface area contributed by atoms with Crippen molar-refractivity contribution in [1.29, 1.82) is 0 Å². The van der Waals surface area contributed by atoms with Crippen LogP contribution in [0, 0.1) is 5.92 Å². The Morgan fingerprint density at radius 1 is 1.10 bits per heavy atom. The molecular formula is C17H21ClN2O. The number of hydrogen-bond acceptors (Lipinski definition) is 3. The number of para-hydroxylation sites is 1. The van der Waals surface area contributed by atoms with Gasteiger partial charge in [0.1, 0.15) is 5.75 Å². The number of benzene rings is 2. The highest BCUT2D eigenvalue weighted by Crippen LogP contribution is 2.23. The Balaban J connectivity index is 1.96. The summed E-state index contributed by atoms with van der Waals surface area (Å²) in [5.41, 5.74) is 8.39. The Bertz CT molecular complexity index is 558. The molecule has 0 spiro atoms. The van der Waals surface area contributed by atoms with Crippen molar-refractivity contribution in [3.05, 3.63) is 59.1 Å². The van der Waals surface area contributed by atoms with Crippen molar-refractivity contribution >= 4 is 17.3 Å². The van der Waals surface area contributed by atoms with Gasteiger partial charge in [0.05, 0.1) is 6.61 Å². The fraction of sp³-hybridized carbons (Fsp3) is 0.294. The molecule has 0 amide bonds. The minimum atomic E-state index is 0.490. The van der Waals surface area contributed by atoms with Gasteiger partial charge in [-0.2, -0.15) is 0 Å². The van der Waals surface area contributed by atoms with Crippen molar-refractivity contribution in [2.24, 2.45) is 5.92 Å². The number of ether oxygens (including phenoxy) is 1. The van der Waals surface area contributed by atoms with Gasteiger partial charge in [0.2, 0.25) is 0 Å². The fourth-order valence-corrected chi connectivity index (χ4v) is 2.04. The molecular weight excluding hydrogens is 284 g/mol. The lowest BCUT2D eigenvalue weighted by Crippen LogP contribution is -2.21. The molecule has 2 aromatic rings. The molecule has 112 valence electrons. The first-order chi connectivity index (χ1) is 10.1. The maximum Gasteiger partial charge on any atom is 0.123 e. The van der Waals surface area contributed by atoms with E-state index in [1.807, 2.05) is 48.5 Å². The predicted molar refractivity (Wildman–Crippen MR) is 88.7 cm³/mol. The Labute approximate surface area is 131 Å². The van der Waals surface area contributed by atoms with Crippen LogP contribution in [-0.2, 0) is 6.54 Å². The smallest absolute Gasteiger partial charge is 0.123 e. The first-order valence-corrected chi connectivity index (χ1v) is 7.48. The van der Waals surface area contributed by atoms with Crippen LogP contribution in [-0.4, -0.2) is 6.61 Å². The molecule has 3 nitrogen and oxygen atoms in total. The molecule has 21 heavy (non-hydrogen) atoms. The van der Waals surface area contributed by atoms with Crippen LogP contribution >= 0.6 is 11.6 Å². The van der Waals surface area contributed by atoms with Crippen molar-refractivity contribution in [3.8, 4) is 5.75 Å². The molecule has 4 heteroatoms. The summed E-state index contributed by atoms with van der Waals surface area (Å²) in [5.74, 6) is 1.36. The van der Waals surface area contributed by atoms with E-state index in [4.69, 9.17) is 16.3 Å². The summed E-state index contributed by atoms with van der Waals surface area (Å²) in [5, 5.41) is 0.711. The largest absolute Gasteiger partial charge is 0.493 e. The molecule has 0 bridgehead atoms. The van der Waals surface area contributed by atoms with Crippen LogP contribution in [0.25, 0.3) is 0 Å². The molecule has 0 aromatic heterocycles. The average Bonchev–Trinajstić information content (AvgIpc) is 2.47. The second kappa shape index (κ2) is 7.91. The van der Waals surface area contributed by atoms with E-state index in [1.165, 1.54) is 0 Å². The van der Waals surface area contributed by atoms with E-state index in [2.05, 4.69) is 24.7 Å². The molecule has 0 heterocycles. The molecule has 0 aliphatic heterocycles. The zero-order chi connectivity index (χ0) is 15.1. The average molecular weight is 305 g/mol. The van der Waals surface area contributed by atoms with Crippen LogP contribution < -0.4 is 15.6 Å². The number of rotatable bonds is 7. The summed E-state index contributed by atoms with van der Waals surface area (Å²) in [4.78, 5) is 0. The third-order valence-corrected chi connectivity index (χ3v) is 3.12. The molecule has 0 radical (unpaired) electrons. The number of hydrogen-bond donors (Lipinski definition) is 2. The van der Waals surface area contributed by atoms with Gasteiger partial charge in [-0.15, -0.1) is 0 Å². The summed E-state index contributed by atoms with van der Waals surface area (Å²) in [6.07, 6.45) is 0. The molecule has 2 rings (SSSR count). The summed E-state index contributed by atoms with van der Waals surface area (Å²) in [6, 6.07) is 15.7. The number of anilines is 1. The minimum absolute atomic E-state index is 0.490. The lowest BCUT2D eigenvalue weighted by atomic mass is 10.2. The van der Waals surface area contributed by atoms with Crippen LogP contribution in [0.1, 0.15) is 19.4 Å². The van der Waals surface area contributed by atoms with Crippen LogP contribution in [0.5, 0.6) is 5.75 Å². The second-order valence-corrected chi connectivity index (χ2v) is 5.74. The van der Waals surface area contributed by atoms with Crippen LogP contribution in [0.3, 0.4) is 0 Å². The van der Waals surface area contributed by atoms with Gasteiger partial charge in [-0.25, -0.2) is 5.43 Å². The van der Waals surface area contributed by atoms with Crippen LogP contribution in [0.4, 0.5) is 5.69 Å². The fourth-order valence-electron chi connectivity index (χ4n) is 1.85. The minimum Gasteiger partial charge on any atom is -0.493 e. The standard InChI is InChI=1S/C17H21ClN2O/c1-13(2)12-21-17-9-8-15(18)10-14(17)11-19-20-16-6-4-3-5-7-16/h3-10,13,19-20H,11-12H2,1-2H3. The second-order valence-electron chi connectivity index (χ2n) is 5.30. The van der Waals surface area contributed by atoms with Crippen LogP contribution in [0.2, 0.25) is 5.02 Å². The zero-order valence-corrected chi connectivity index (χ0v) is 13.2. The Morgan fingerprint density at radius 2 is 1.86 bits per heavy atom. The third-order valence-electron chi connectivity index (χ3n) is 2.88. The molecule has 0 aliphatic rings. The molecule has 0 saturated heterocycles. The highest BCUT2D eigenvalue weighted by atomic mass is 35.5. The van der Waals surface area contributed by atoms with Crippen molar-refractivity contribution in [3.63, 3.8) is 0 Å². The summed E-state index contributed by atoms with van der Waals surface area (Å²) in [6.45, 7) is 5.58. The maximum atomic E-state index is 6.07. The first kappa shape index (κ1) is 15.7. The Hall–Kier alpha value is -1.71. The van der Waals surface area contributed by atoms with Gasteiger partial charge in [0.15, 0.2) is 0 Å². The van der Waals surface area contributed by atoms with E-state index in [9.17, 15) is 0 Å². The molecule has 0 saturated carbocycles. The van der Waals surface area contributed by atoms with Crippen molar-refractivity contribution in [2.75, 3.05) is 12.0 Å². The lowest BCUT2D eigenvalue weighted by molar-refractivity contribution is 0.268. The van der Waals surface area contributed by atoms with Gasteiger partial charge in [-0.1, -0.05) is 43.6 Å². The molecule has 0 aliphatic carbocycles. The SMILES string of the molecule is CC(C)COc1ccc(Cl)cc1CNNc1ccccc1. The van der Waals surface area contributed by atoms with E-state index >= 15 is 0 Å². The van der Waals surface area contributed by atoms with Gasteiger partial charge in [-0.05, 0) is 36.2 Å². The van der Waals surface area contributed by atoms with Crippen molar-refractivity contribution in [2.45, 2.75) is 20.4 Å². The van der Waals surface area contributed by atoms with Crippen LogP contribution in [0.15, 0.2) is 48.5 Å². The highest BCUT2D eigenvalue weighted by molar-refractivity contribution is 6.30. The third kappa shape index (κ3) is 5.29. The van der Waals surface area contributed by atoms with Gasteiger partial charge >= 0.3 is 0 Å². The Kier molecular flexibility index (Phi) is 5.90. The Morgan fingerprint density at radius 3 is 2.57 bits per heavy atom. The maximum absolute atomic E-state index is 6.07. The van der Waals surface area contributed by atoms with Gasteiger partial charge in [0, 0.05) is 22.8 Å². The highest BCUT2D eigenvalue weighted by Gasteiger charge is 2.06. The summed E-state index contributed by atoms with van der Waals surface area (Å²) >= 11 is 6.07. The van der Waals surface area contributed by atoms with Gasteiger partial charge < -0.3 is 10.2 Å². The molecule has 0 fully saturated rings. The number of hydrazine groups is 1. The topological polar surface area (TPSA) is 33.3 Å². The first-order valence-electron chi connectivity index (χ1n) is 7.10. The van der Waals surface area contributed by atoms with Crippen molar-refractivity contribution < 1.29 is 4.74 Å². The van der Waals surface area contributed by atoms with E-state index in [-0.39, 0.29) is 0 Å². The van der Waals surface area contributed by atoms with E-state index in [1.54, 1.807) is 0 Å². The quantitative estimate of drug-likeness (QED) is 0.739. The normalized spacial score (nSPS) is 10.7. The van der Waals surface area contributed by atoms with Gasteiger partial charge in [0.25, 0.3) is 0 Å². The zero-order valence-electron chi connectivity index (χ0n) is 12.4. The van der Waals surface area contributed by atoms with E-state index in [0.29, 0.717) is 24.1 Å². The van der Waals surface area contributed by atoms with Crippen molar-refractivity contribution in [1.82, 2.24) is 5.43 Å². The monoisotopic (exact) mass is 304 g/mol. The van der Waals surface area contributed by atoms with Gasteiger partial charge in [-0.3, -0.25) is 0 Å². The summed E-state index contributed by atoms with van der Waals surface area (Å²) in [7, 11) is 0.